The fourth-order valence-electron chi connectivity index (χ4n) is 5.37. The number of hydrogen-bond acceptors (Lipinski definition) is 5. The maximum atomic E-state index is 13.4. The third-order valence-electron chi connectivity index (χ3n) is 7.20. The summed E-state index contributed by atoms with van der Waals surface area (Å²) in [5.74, 6) is -2.83. The third kappa shape index (κ3) is 3.64. The highest BCUT2D eigenvalue weighted by Crippen LogP contribution is 2.39. The third-order valence-corrected chi connectivity index (χ3v) is 7.20. The van der Waals surface area contributed by atoms with Gasteiger partial charge in [0.2, 0.25) is 5.43 Å². The summed E-state index contributed by atoms with van der Waals surface area (Å²) in [6, 6.07) is 12.0. The van der Waals surface area contributed by atoms with E-state index in [0.717, 1.165) is 35.1 Å². The average molecular weight is 488 g/mol. The molecule has 0 saturated carbocycles. The van der Waals surface area contributed by atoms with Crippen LogP contribution in [0.5, 0.6) is 5.75 Å². The van der Waals surface area contributed by atoms with Crippen molar-refractivity contribution in [2.75, 3.05) is 11.7 Å². The van der Waals surface area contributed by atoms with Crippen molar-refractivity contribution in [2.24, 2.45) is 0 Å². The quantitative estimate of drug-likeness (QED) is 0.586. The van der Waals surface area contributed by atoms with Crippen LogP contribution in [0.25, 0.3) is 0 Å². The first kappa shape index (κ1) is 23.7. The normalized spacial score (nSPS) is 15.4. The van der Waals surface area contributed by atoms with Crippen LogP contribution in [0.15, 0.2) is 47.4 Å². The average Bonchev–Trinajstić information content (AvgIpc) is 2.97. The number of nitrogens with zero attached hydrogens (tertiary/aromatic N) is 3. The van der Waals surface area contributed by atoms with Crippen molar-refractivity contribution < 1.29 is 19.8 Å². The van der Waals surface area contributed by atoms with Crippen molar-refractivity contribution in [2.45, 2.75) is 52.6 Å². The Balaban J connectivity index is 1.84. The van der Waals surface area contributed by atoms with Crippen molar-refractivity contribution in [3.8, 4) is 5.75 Å². The zero-order valence-electron chi connectivity index (χ0n) is 20.8. The molecule has 186 valence electrons. The van der Waals surface area contributed by atoms with Crippen LogP contribution in [0, 0.1) is 13.8 Å². The van der Waals surface area contributed by atoms with Gasteiger partial charge in [-0.1, -0.05) is 47.5 Å². The molecule has 3 aromatic rings. The van der Waals surface area contributed by atoms with E-state index in [9.17, 15) is 24.6 Å². The molecule has 1 aliphatic heterocycles. The van der Waals surface area contributed by atoms with Crippen LogP contribution in [0.2, 0.25) is 0 Å². The molecular weight excluding hydrogens is 458 g/mol. The summed E-state index contributed by atoms with van der Waals surface area (Å²) in [6.07, 6.45) is 2.85. The number of hydrogen-bond donors (Lipinski definition) is 2. The Hall–Kier alpha value is -4.07. The Morgan fingerprint density at radius 1 is 0.972 bits per heavy atom. The predicted molar refractivity (Wildman–Crippen MR) is 135 cm³/mol. The molecule has 8 nitrogen and oxygen atoms in total. The topological polar surface area (TPSA) is 103 Å². The van der Waals surface area contributed by atoms with E-state index in [1.807, 2.05) is 31.0 Å². The van der Waals surface area contributed by atoms with E-state index < -0.39 is 28.6 Å². The van der Waals surface area contributed by atoms with Crippen LogP contribution < -0.4 is 10.4 Å². The second kappa shape index (κ2) is 8.55. The molecular formula is C28H29N3O5. The van der Waals surface area contributed by atoms with Gasteiger partial charge in [0.1, 0.15) is 12.2 Å². The highest BCUT2D eigenvalue weighted by atomic mass is 16.4. The molecule has 2 aromatic carbocycles. The number of benzene rings is 2. The van der Waals surface area contributed by atoms with Crippen molar-refractivity contribution in [3.63, 3.8) is 0 Å². The molecule has 2 heterocycles. The molecule has 0 bridgehead atoms. The van der Waals surface area contributed by atoms with E-state index >= 15 is 0 Å². The minimum Gasteiger partial charge on any atom is -0.502 e. The van der Waals surface area contributed by atoms with Gasteiger partial charge in [0.05, 0.1) is 6.04 Å². The molecule has 0 atom stereocenters. The molecule has 5 rings (SSSR count). The predicted octanol–water partition coefficient (Wildman–Crippen LogP) is 3.52. The first-order valence-corrected chi connectivity index (χ1v) is 12.1. The lowest BCUT2D eigenvalue weighted by Gasteiger charge is -2.45. The summed E-state index contributed by atoms with van der Waals surface area (Å²) in [7, 11) is 0. The van der Waals surface area contributed by atoms with Crippen LogP contribution >= 0.6 is 0 Å². The van der Waals surface area contributed by atoms with Crippen molar-refractivity contribution in [1.29, 1.82) is 0 Å². The standard InChI is InChI=1S/C28H29N3O5/c1-15(2)29-14-31(30-13-22(28(35)36)25(32)26(33)24(30)27(29)34)23-20-9-5-16(3)11-18(20)7-8-19-12-17(4)6-10-21(19)23/h5-6,9-13,15,23,33H,7-8,14H2,1-4H3,(H,35,36). The molecule has 2 aliphatic rings. The smallest absolute Gasteiger partial charge is 0.341 e. The van der Waals surface area contributed by atoms with Gasteiger partial charge >= 0.3 is 5.97 Å². The lowest BCUT2D eigenvalue weighted by atomic mass is 9.92. The number of rotatable bonds is 3. The number of aromatic carboxylic acids is 1. The van der Waals surface area contributed by atoms with Gasteiger partial charge in [-0.2, -0.15) is 0 Å². The number of aromatic hydroxyl groups is 1. The Labute approximate surface area is 209 Å². The second-order valence-electron chi connectivity index (χ2n) is 9.98. The lowest BCUT2D eigenvalue weighted by molar-refractivity contribution is 0.0612. The Bertz CT molecular complexity index is 1420. The number of aryl methyl sites for hydroxylation is 4. The lowest BCUT2D eigenvalue weighted by Crippen LogP contribution is -2.57. The minimum absolute atomic E-state index is 0.149. The van der Waals surface area contributed by atoms with Gasteiger partial charge in [-0.05, 0) is 62.8 Å². The molecule has 0 unspecified atom stereocenters. The Kier molecular flexibility index (Phi) is 5.62. The van der Waals surface area contributed by atoms with Crippen LogP contribution in [-0.4, -0.2) is 44.4 Å². The zero-order chi connectivity index (χ0) is 25.9. The van der Waals surface area contributed by atoms with Gasteiger partial charge < -0.3 is 15.1 Å². The molecule has 0 fully saturated rings. The van der Waals surface area contributed by atoms with E-state index in [-0.39, 0.29) is 24.4 Å². The fraction of sp³-hybridized carbons (Fsp3) is 0.321. The number of amides is 1. The molecule has 1 aromatic heterocycles. The number of carbonyl (C=O) groups is 2. The first-order valence-electron chi connectivity index (χ1n) is 12.1. The molecule has 1 aliphatic carbocycles. The summed E-state index contributed by atoms with van der Waals surface area (Å²) < 4.78 is 1.38. The maximum absolute atomic E-state index is 13.4. The van der Waals surface area contributed by atoms with E-state index in [4.69, 9.17) is 0 Å². The van der Waals surface area contributed by atoms with E-state index in [1.54, 1.807) is 4.90 Å². The van der Waals surface area contributed by atoms with Crippen LogP contribution in [0.1, 0.15) is 74.1 Å². The summed E-state index contributed by atoms with van der Waals surface area (Å²) >= 11 is 0. The van der Waals surface area contributed by atoms with Gasteiger partial charge in [-0.25, -0.2) is 4.79 Å². The highest BCUT2D eigenvalue weighted by Gasteiger charge is 2.40. The summed E-state index contributed by atoms with van der Waals surface area (Å²) in [5, 5.41) is 22.4. The van der Waals surface area contributed by atoms with Crippen molar-refractivity contribution in [1.82, 2.24) is 9.58 Å². The molecule has 2 N–H and O–H groups in total. The van der Waals surface area contributed by atoms with Crippen molar-refractivity contribution >= 4 is 11.9 Å². The molecule has 0 radical (unpaired) electrons. The summed E-state index contributed by atoms with van der Waals surface area (Å²) in [6.45, 7) is 7.99. The number of pyridine rings is 1. The molecule has 1 amide bonds. The summed E-state index contributed by atoms with van der Waals surface area (Å²) in [4.78, 5) is 39.6. The highest BCUT2D eigenvalue weighted by molar-refractivity contribution is 5.98. The van der Waals surface area contributed by atoms with Crippen LogP contribution in [0.3, 0.4) is 0 Å². The summed E-state index contributed by atoms with van der Waals surface area (Å²) in [5.41, 5.74) is 4.83. The van der Waals surface area contributed by atoms with Crippen molar-refractivity contribution in [3.05, 3.63) is 97.5 Å². The molecule has 0 spiro atoms. The first-order chi connectivity index (χ1) is 17.1. The van der Waals surface area contributed by atoms with Gasteiger partial charge in [-0.3, -0.25) is 19.3 Å². The Morgan fingerprint density at radius 2 is 1.53 bits per heavy atom. The zero-order valence-corrected chi connectivity index (χ0v) is 20.8. The van der Waals surface area contributed by atoms with E-state index in [1.165, 1.54) is 22.0 Å². The van der Waals surface area contributed by atoms with Crippen LogP contribution in [0.4, 0.5) is 0 Å². The number of aromatic nitrogens is 1. The van der Waals surface area contributed by atoms with Gasteiger partial charge in [0, 0.05) is 12.2 Å². The monoisotopic (exact) mass is 487 g/mol. The van der Waals surface area contributed by atoms with Gasteiger partial charge in [0.25, 0.3) is 5.91 Å². The largest absolute Gasteiger partial charge is 0.502 e. The number of fused-ring (bicyclic) bond motifs is 3. The SMILES string of the molecule is Cc1ccc2c(c1)CCc1cc(C)ccc1C2N1CN(C(C)C)C(=O)c2c(O)c(=O)c(C(=O)O)cn21. The molecule has 36 heavy (non-hydrogen) atoms. The maximum Gasteiger partial charge on any atom is 0.341 e. The fourth-order valence-corrected chi connectivity index (χ4v) is 5.37. The van der Waals surface area contributed by atoms with E-state index in [0.29, 0.717) is 0 Å². The second-order valence-corrected chi connectivity index (χ2v) is 9.98. The Morgan fingerprint density at radius 3 is 2.03 bits per heavy atom. The minimum atomic E-state index is -1.46. The number of carboxylic acids is 1. The number of carbonyl (C=O) groups excluding carboxylic acids is 1. The molecule has 8 heteroatoms. The van der Waals surface area contributed by atoms with Gasteiger partial charge in [0.15, 0.2) is 11.4 Å². The van der Waals surface area contributed by atoms with Gasteiger partial charge in [-0.15, -0.1) is 0 Å². The van der Waals surface area contributed by atoms with Crippen LogP contribution in [-0.2, 0) is 12.8 Å². The van der Waals surface area contributed by atoms with E-state index in [2.05, 4.69) is 38.1 Å². The molecule has 0 saturated heterocycles. The number of carboxylic acid groups (broad SMARTS) is 1.